The number of carboxylic acid groups (broad SMARTS) is 1. The third-order valence-electron chi connectivity index (χ3n) is 4.32. The van der Waals surface area contributed by atoms with E-state index in [1.807, 2.05) is 0 Å². The average molecular weight is 296 g/mol. The van der Waals surface area contributed by atoms with Crippen molar-refractivity contribution in [1.29, 1.82) is 0 Å². The molecule has 0 aromatic heterocycles. The van der Waals surface area contributed by atoms with Crippen LogP contribution in [0.1, 0.15) is 57.8 Å². The number of hydrogen-bond donors (Lipinski definition) is 3. The lowest BCUT2D eigenvalue weighted by Gasteiger charge is -2.34. The minimum atomic E-state index is -1.08. The first-order valence-electron chi connectivity index (χ1n) is 7.86. The predicted octanol–water partition coefficient (Wildman–Crippen LogP) is 1.20. The zero-order valence-corrected chi connectivity index (χ0v) is 12.3. The van der Waals surface area contributed by atoms with E-state index in [9.17, 15) is 19.5 Å². The van der Waals surface area contributed by atoms with Gasteiger partial charge in [-0.3, -0.25) is 9.59 Å². The Hall–Kier alpha value is -1.59. The molecule has 0 spiro atoms. The first-order chi connectivity index (χ1) is 10.0. The van der Waals surface area contributed by atoms with E-state index in [4.69, 9.17) is 0 Å². The molecule has 0 aliphatic heterocycles. The molecule has 21 heavy (non-hydrogen) atoms. The molecule has 0 unspecified atom stereocenters. The van der Waals surface area contributed by atoms with Crippen molar-refractivity contribution in [3.8, 4) is 0 Å². The van der Waals surface area contributed by atoms with Crippen molar-refractivity contribution in [2.45, 2.75) is 63.3 Å². The van der Waals surface area contributed by atoms with E-state index in [2.05, 4.69) is 10.6 Å². The smallest absolute Gasteiger partial charge is 0.329 e. The highest BCUT2D eigenvalue weighted by Gasteiger charge is 2.40. The lowest BCUT2D eigenvalue weighted by Crippen LogP contribution is -2.55. The maximum atomic E-state index is 11.9. The van der Waals surface area contributed by atoms with Gasteiger partial charge in [0.2, 0.25) is 11.8 Å². The van der Waals surface area contributed by atoms with Gasteiger partial charge >= 0.3 is 5.97 Å². The summed E-state index contributed by atoms with van der Waals surface area (Å²) in [7, 11) is 0. The van der Waals surface area contributed by atoms with Gasteiger partial charge in [-0.1, -0.05) is 19.3 Å². The summed E-state index contributed by atoms with van der Waals surface area (Å²) in [4.78, 5) is 34.8. The predicted molar refractivity (Wildman–Crippen MR) is 76.6 cm³/mol. The fourth-order valence-corrected chi connectivity index (χ4v) is 2.83. The molecule has 2 amide bonds. The van der Waals surface area contributed by atoms with Crippen LogP contribution >= 0.6 is 0 Å². The van der Waals surface area contributed by atoms with Crippen LogP contribution in [0.15, 0.2) is 0 Å². The molecule has 0 atom stereocenters. The number of carboxylic acids is 1. The van der Waals surface area contributed by atoms with E-state index >= 15 is 0 Å². The Kier molecular flexibility index (Phi) is 5.20. The Morgan fingerprint density at radius 3 is 2.33 bits per heavy atom. The Labute approximate surface area is 124 Å². The summed E-state index contributed by atoms with van der Waals surface area (Å²) in [5.74, 6) is -0.918. The lowest BCUT2D eigenvalue weighted by molar-refractivity contribution is -0.149. The van der Waals surface area contributed by atoms with Gasteiger partial charge in [0.05, 0.1) is 0 Å². The zero-order valence-electron chi connectivity index (χ0n) is 12.3. The van der Waals surface area contributed by atoms with Gasteiger partial charge in [0.15, 0.2) is 0 Å². The maximum Gasteiger partial charge on any atom is 0.329 e. The van der Waals surface area contributed by atoms with E-state index < -0.39 is 11.5 Å². The molecular formula is C15H24N2O4. The summed E-state index contributed by atoms with van der Waals surface area (Å²) in [6.07, 6.45) is 6.44. The highest BCUT2D eigenvalue weighted by Crippen LogP contribution is 2.29. The fraction of sp³-hybridized carbons (Fsp3) is 0.800. The van der Waals surface area contributed by atoms with Gasteiger partial charge in [-0.2, -0.15) is 0 Å². The molecule has 3 N–H and O–H groups in total. The molecule has 2 rings (SSSR count). The molecule has 2 saturated carbocycles. The maximum absolute atomic E-state index is 11.9. The molecule has 0 bridgehead atoms. The van der Waals surface area contributed by atoms with Gasteiger partial charge < -0.3 is 15.7 Å². The van der Waals surface area contributed by atoms with Crippen molar-refractivity contribution in [3.63, 3.8) is 0 Å². The van der Waals surface area contributed by atoms with Crippen LogP contribution in [0.25, 0.3) is 0 Å². The number of nitrogens with one attached hydrogen (secondary N) is 2. The van der Waals surface area contributed by atoms with Gasteiger partial charge in [-0.05, 0) is 32.1 Å². The molecule has 0 saturated heterocycles. The monoisotopic (exact) mass is 296 g/mol. The molecule has 0 heterocycles. The highest BCUT2D eigenvalue weighted by molar-refractivity contribution is 5.87. The van der Waals surface area contributed by atoms with E-state index in [1.54, 1.807) is 0 Å². The van der Waals surface area contributed by atoms with Crippen LogP contribution in [0.5, 0.6) is 0 Å². The molecule has 118 valence electrons. The van der Waals surface area contributed by atoms with Gasteiger partial charge in [0, 0.05) is 18.9 Å². The quantitative estimate of drug-likeness (QED) is 0.615. The Balaban J connectivity index is 1.69. The van der Waals surface area contributed by atoms with Crippen LogP contribution in [0.4, 0.5) is 0 Å². The van der Waals surface area contributed by atoms with Crippen LogP contribution < -0.4 is 10.6 Å². The molecule has 6 heteroatoms. The Morgan fingerprint density at radius 1 is 1.10 bits per heavy atom. The van der Waals surface area contributed by atoms with Gasteiger partial charge in [0.25, 0.3) is 0 Å². The van der Waals surface area contributed by atoms with E-state index in [0.717, 1.165) is 32.1 Å². The van der Waals surface area contributed by atoms with Crippen molar-refractivity contribution >= 4 is 17.8 Å². The molecular weight excluding hydrogens is 272 g/mol. The number of aliphatic carboxylic acids is 1. The molecule has 0 radical (unpaired) electrons. The van der Waals surface area contributed by atoms with Crippen molar-refractivity contribution in [2.24, 2.45) is 5.92 Å². The number of rotatable bonds is 7. The number of carbonyl (C=O) groups is 3. The number of amides is 2. The normalized spacial score (nSPS) is 20.6. The summed E-state index contributed by atoms with van der Waals surface area (Å²) < 4.78 is 0. The number of hydrogen-bond acceptors (Lipinski definition) is 3. The minimum absolute atomic E-state index is 0.0738. The molecule has 6 nitrogen and oxygen atoms in total. The van der Waals surface area contributed by atoms with Crippen molar-refractivity contribution in [3.05, 3.63) is 0 Å². The van der Waals surface area contributed by atoms with E-state index in [0.29, 0.717) is 25.8 Å². The molecule has 2 fully saturated rings. The highest BCUT2D eigenvalue weighted by atomic mass is 16.4. The standard InChI is InChI=1S/C15H24N2O4/c18-12(5-4-10-16-13(19)11-6-7-11)17-15(14(20)21)8-2-1-3-9-15/h11H,1-10H2,(H,16,19)(H,17,18)(H,20,21). The van der Waals surface area contributed by atoms with Crippen LogP contribution in [0.2, 0.25) is 0 Å². The van der Waals surface area contributed by atoms with Gasteiger partial charge in [-0.15, -0.1) is 0 Å². The lowest BCUT2D eigenvalue weighted by atomic mass is 9.81. The summed E-state index contributed by atoms with van der Waals surface area (Å²) in [5, 5.41) is 14.9. The van der Waals surface area contributed by atoms with Crippen LogP contribution in [0, 0.1) is 5.92 Å². The van der Waals surface area contributed by atoms with Crippen molar-refractivity contribution in [2.75, 3.05) is 6.54 Å². The summed E-state index contributed by atoms with van der Waals surface area (Å²) in [6.45, 7) is 0.475. The fourth-order valence-electron chi connectivity index (χ4n) is 2.83. The second kappa shape index (κ2) is 6.91. The van der Waals surface area contributed by atoms with Gasteiger partial charge in [-0.25, -0.2) is 4.79 Å². The first kappa shape index (κ1) is 15.8. The number of carbonyl (C=O) groups excluding carboxylic acids is 2. The SMILES string of the molecule is O=C(CCCNC(=O)C1CC1)NC1(C(=O)O)CCCCC1. The first-order valence-corrected chi connectivity index (χ1v) is 7.86. The molecule has 0 aromatic rings. The van der Waals surface area contributed by atoms with E-state index in [-0.39, 0.29) is 24.2 Å². The van der Waals surface area contributed by atoms with E-state index in [1.165, 1.54) is 0 Å². The zero-order chi connectivity index (χ0) is 15.3. The van der Waals surface area contributed by atoms with Crippen molar-refractivity contribution < 1.29 is 19.5 Å². The van der Waals surface area contributed by atoms with Gasteiger partial charge in [0.1, 0.15) is 5.54 Å². The third kappa shape index (κ3) is 4.44. The Bertz CT molecular complexity index is 412. The second-order valence-corrected chi connectivity index (χ2v) is 6.16. The Morgan fingerprint density at radius 2 is 1.76 bits per heavy atom. The second-order valence-electron chi connectivity index (χ2n) is 6.16. The summed E-state index contributed by atoms with van der Waals surface area (Å²) in [6, 6.07) is 0. The molecule has 0 aromatic carbocycles. The average Bonchev–Trinajstić information content (AvgIpc) is 3.29. The van der Waals surface area contributed by atoms with Crippen LogP contribution in [-0.4, -0.2) is 35.0 Å². The largest absolute Gasteiger partial charge is 0.480 e. The summed E-state index contributed by atoms with van der Waals surface area (Å²) >= 11 is 0. The third-order valence-corrected chi connectivity index (χ3v) is 4.32. The topological polar surface area (TPSA) is 95.5 Å². The summed E-state index contributed by atoms with van der Waals surface area (Å²) in [5.41, 5.74) is -1.08. The minimum Gasteiger partial charge on any atom is -0.480 e. The van der Waals surface area contributed by atoms with Crippen LogP contribution in [-0.2, 0) is 14.4 Å². The van der Waals surface area contributed by atoms with Crippen LogP contribution in [0.3, 0.4) is 0 Å². The molecule has 2 aliphatic rings. The van der Waals surface area contributed by atoms with Crippen molar-refractivity contribution in [1.82, 2.24) is 10.6 Å². The molecule has 2 aliphatic carbocycles.